The Hall–Kier alpha value is -2.34. The minimum atomic E-state index is 0.686. The van der Waals surface area contributed by atoms with Gasteiger partial charge < -0.3 is 19.9 Å². The summed E-state index contributed by atoms with van der Waals surface area (Å²) in [5, 5.41) is 5.25. The molecule has 3 aromatic rings. The summed E-state index contributed by atoms with van der Waals surface area (Å²) >= 11 is 6.11. The minimum Gasteiger partial charge on any atom is -0.496 e. The molecule has 154 valence electrons. The summed E-state index contributed by atoms with van der Waals surface area (Å²) in [6.45, 7) is 2.95. The van der Waals surface area contributed by atoms with Crippen LogP contribution in [0.4, 0.5) is 11.4 Å². The first kappa shape index (κ1) is 21.4. The number of methoxy groups -OCH3 is 1. The van der Waals surface area contributed by atoms with E-state index in [1.165, 1.54) is 0 Å². The summed E-state index contributed by atoms with van der Waals surface area (Å²) in [6.07, 6.45) is 2.93. The lowest BCUT2D eigenvalue weighted by atomic mass is 10.1. The fourth-order valence-corrected chi connectivity index (χ4v) is 3.56. The molecule has 0 unspecified atom stereocenters. The summed E-state index contributed by atoms with van der Waals surface area (Å²) in [5.74, 6) is 0.904. The molecule has 5 nitrogen and oxygen atoms in total. The molecule has 6 heteroatoms. The first-order valence-electron chi connectivity index (χ1n) is 9.78. The molecule has 0 aliphatic rings. The van der Waals surface area contributed by atoms with Crippen molar-refractivity contribution in [3.8, 4) is 5.75 Å². The van der Waals surface area contributed by atoms with Crippen LogP contribution in [0.1, 0.15) is 12.0 Å². The van der Waals surface area contributed by atoms with Gasteiger partial charge in [0.15, 0.2) is 0 Å². The quantitative estimate of drug-likeness (QED) is 0.534. The zero-order chi connectivity index (χ0) is 20.8. The summed E-state index contributed by atoms with van der Waals surface area (Å²) in [6, 6.07) is 14.0. The van der Waals surface area contributed by atoms with Gasteiger partial charge in [0.05, 0.1) is 12.6 Å². The Balaban J connectivity index is 1.78. The number of anilines is 2. The molecular weight excluding hydrogens is 384 g/mol. The van der Waals surface area contributed by atoms with Crippen LogP contribution in [-0.2, 0) is 6.54 Å². The number of benzene rings is 2. The normalized spacial score (nSPS) is 11.4. The molecule has 0 fully saturated rings. The van der Waals surface area contributed by atoms with Gasteiger partial charge in [-0.15, -0.1) is 0 Å². The SMILES string of the molecule is COc1ccc(Nc2ccnc3cc(Cl)ccc23)cc1CN(C)CCCN(C)C. The average molecular weight is 413 g/mol. The topological polar surface area (TPSA) is 40.6 Å². The fraction of sp³-hybridized carbons (Fsp3) is 0.348. The molecule has 29 heavy (non-hydrogen) atoms. The van der Waals surface area contributed by atoms with Crippen molar-refractivity contribution in [2.75, 3.05) is 46.7 Å². The Bertz CT molecular complexity index is 961. The number of nitrogens with zero attached hydrogens (tertiary/aromatic N) is 3. The molecule has 0 bridgehead atoms. The molecule has 0 saturated heterocycles. The number of hydrogen-bond donors (Lipinski definition) is 1. The Morgan fingerprint density at radius 1 is 1.03 bits per heavy atom. The van der Waals surface area contributed by atoms with Crippen molar-refractivity contribution in [3.05, 3.63) is 59.2 Å². The second kappa shape index (κ2) is 9.92. The predicted octanol–water partition coefficient (Wildman–Crippen LogP) is 5.02. The molecule has 2 aromatic carbocycles. The maximum absolute atomic E-state index is 6.11. The number of fused-ring (bicyclic) bond motifs is 1. The van der Waals surface area contributed by atoms with E-state index in [0.29, 0.717) is 5.02 Å². The van der Waals surface area contributed by atoms with E-state index < -0.39 is 0 Å². The molecule has 1 N–H and O–H groups in total. The molecule has 0 saturated carbocycles. The Kier molecular flexibility index (Phi) is 7.31. The van der Waals surface area contributed by atoms with Crippen LogP contribution in [0.3, 0.4) is 0 Å². The van der Waals surface area contributed by atoms with Crippen molar-refractivity contribution in [1.82, 2.24) is 14.8 Å². The van der Waals surface area contributed by atoms with E-state index in [-0.39, 0.29) is 0 Å². The molecule has 3 rings (SSSR count). The van der Waals surface area contributed by atoms with Gasteiger partial charge in [-0.25, -0.2) is 0 Å². The van der Waals surface area contributed by atoms with Crippen LogP contribution < -0.4 is 10.1 Å². The van der Waals surface area contributed by atoms with Gasteiger partial charge in [-0.3, -0.25) is 4.98 Å². The van der Waals surface area contributed by atoms with Crippen LogP contribution >= 0.6 is 11.6 Å². The molecule has 0 amide bonds. The molecule has 1 heterocycles. The Labute approximate surface area is 178 Å². The Morgan fingerprint density at radius 3 is 2.62 bits per heavy atom. The number of hydrogen-bond acceptors (Lipinski definition) is 5. The van der Waals surface area contributed by atoms with Gasteiger partial charge in [-0.1, -0.05) is 11.6 Å². The van der Waals surface area contributed by atoms with Crippen molar-refractivity contribution in [2.24, 2.45) is 0 Å². The molecule has 0 aliphatic heterocycles. The number of pyridine rings is 1. The van der Waals surface area contributed by atoms with E-state index >= 15 is 0 Å². The van der Waals surface area contributed by atoms with Gasteiger partial charge in [0.1, 0.15) is 5.75 Å². The summed E-state index contributed by atoms with van der Waals surface area (Å²) in [5.41, 5.74) is 4.05. The lowest BCUT2D eigenvalue weighted by Crippen LogP contribution is -2.23. The maximum atomic E-state index is 6.11. The van der Waals surface area contributed by atoms with E-state index in [9.17, 15) is 0 Å². The van der Waals surface area contributed by atoms with E-state index in [4.69, 9.17) is 16.3 Å². The number of rotatable bonds is 9. The van der Waals surface area contributed by atoms with Gasteiger partial charge in [0.25, 0.3) is 0 Å². The summed E-state index contributed by atoms with van der Waals surface area (Å²) in [7, 11) is 8.08. The number of halogens is 1. The second-order valence-electron chi connectivity index (χ2n) is 7.57. The van der Waals surface area contributed by atoms with Gasteiger partial charge >= 0.3 is 0 Å². The smallest absolute Gasteiger partial charge is 0.123 e. The third kappa shape index (κ3) is 5.82. The number of nitrogens with one attached hydrogen (secondary N) is 1. The predicted molar refractivity (Wildman–Crippen MR) is 123 cm³/mol. The second-order valence-corrected chi connectivity index (χ2v) is 8.00. The van der Waals surface area contributed by atoms with Crippen LogP contribution in [0.25, 0.3) is 10.9 Å². The molecule has 1 aromatic heterocycles. The monoisotopic (exact) mass is 412 g/mol. The van der Waals surface area contributed by atoms with Crippen LogP contribution in [0.15, 0.2) is 48.7 Å². The van der Waals surface area contributed by atoms with E-state index in [0.717, 1.165) is 59.6 Å². The maximum Gasteiger partial charge on any atom is 0.123 e. The zero-order valence-corrected chi connectivity index (χ0v) is 18.3. The largest absolute Gasteiger partial charge is 0.496 e. The highest BCUT2D eigenvalue weighted by molar-refractivity contribution is 6.31. The standard InChI is InChI=1S/C23H29ClN4O/c1-27(2)12-5-13-28(3)16-17-14-19(7-9-23(17)29-4)26-21-10-11-25-22-15-18(24)6-8-20(21)22/h6-11,14-15H,5,12-13,16H2,1-4H3,(H,25,26). The van der Waals surface area contributed by atoms with Crippen LogP contribution in [0.5, 0.6) is 5.75 Å². The third-order valence-electron chi connectivity index (χ3n) is 4.85. The third-order valence-corrected chi connectivity index (χ3v) is 5.08. The summed E-state index contributed by atoms with van der Waals surface area (Å²) < 4.78 is 5.59. The number of ether oxygens (including phenoxy) is 1. The van der Waals surface area contributed by atoms with E-state index in [2.05, 4.69) is 47.3 Å². The lowest BCUT2D eigenvalue weighted by molar-refractivity contribution is 0.289. The van der Waals surface area contributed by atoms with Gasteiger partial charge in [0, 0.05) is 40.1 Å². The first-order chi connectivity index (χ1) is 14.0. The van der Waals surface area contributed by atoms with Crippen molar-refractivity contribution >= 4 is 33.9 Å². The van der Waals surface area contributed by atoms with Gasteiger partial charge in [-0.05, 0) is 83.1 Å². The van der Waals surface area contributed by atoms with Crippen molar-refractivity contribution < 1.29 is 4.74 Å². The molecule has 0 spiro atoms. The van der Waals surface area contributed by atoms with E-state index in [1.54, 1.807) is 13.3 Å². The van der Waals surface area contributed by atoms with E-state index in [1.807, 2.05) is 36.4 Å². The first-order valence-corrected chi connectivity index (χ1v) is 10.2. The molecule has 0 atom stereocenters. The van der Waals surface area contributed by atoms with Crippen molar-refractivity contribution in [2.45, 2.75) is 13.0 Å². The lowest BCUT2D eigenvalue weighted by Gasteiger charge is -2.20. The highest BCUT2D eigenvalue weighted by Crippen LogP contribution is 2.30. The van der Waals surface area contributed by atoms with Crippen LogP contribution in [0, 0.1) is 0 Å². The highest BCUT2D eigenvalue weighted by atomic mass is 35.5. The zero-order valence-electron chi connectivity index (χ0n) is 17.6. The molecule has 0 aliphatic carbocycles. The van der Waals surface area contributed by atoms with Gasteiger partial charge in [-0.2, -0.15) is 0 Å². The average Bonchev–Trinajstić information content (AvgIpc) is 2.68. The molecular formula is C23H29ClN4O. The van der Waals surface area contributed by atoms with Crippen LogP contribution in [-0.4, -0.2) is 56.1 Å². The summed E-state index contributed by atoms with van der Waals surface area (Å²) in [4.78, 5) is 8.96. The highest BCUT2D eigenvalue weighted by Gasteiger charge is 2.10. The minimum absolute atomic E-state index is 0.686. The fourth-order valence-electron chi connectivity index (χ4n) is 3.39. The van der Waals surface area contributed by atoms with Crippen molar-refractivity contribution in [3.63, 3.8) is 0 Å². The number of aromatic nitrogens is 1. The van der Waals surface area contributed by atoms with Crippen molar-refractivity contribution in [1.29, 1.82) is 0 Å². The Morgan fingerprint density at radius 2 is 1.86 bits per heavy atom. The van der Waals surface area contributed by atoms with Gasteiger partial charge in [0.2, 0.25) is 0 Å². The molecule has 0 radical (unpaired) electrons. The van der Waals surface area contributed by atoms with Crippen LogP contribution in [0.2, 0.25) is 5.02 Å².